The van der Waals surface area contributed by atoms with E-state index >= 15 is 0 Å². The highest BCUT2D eigenvalue weighted by Gasteiger charge is 2.22. The number of hydrogen-bond acceptors (Lipinski definition) is 6. The van der Waals surface area contributed by atoms with Crippen LogP contribution in [0.25, 0.3) is 0 Å². The Labute approximate surface area is 176 Å². The normalized spacial score (nSPS) is 17.3. The lowest BCUT2D eigenvalue weighted by Gasteiger charge is -2.25. The molecule has 1 aromatic rings. The van der Waals surface area contributed by atoms with Gasteiger partial charge in [0.25, 0.3) is 5.69 Å². The maximum atomic E-state index is 12.3. The Morgan fingerprint density at radius 3 is 2.72 bits per heavy atom. The van der Waals surface area contributed by atoms with Gasteiger partial charge in [-0.15, -0.1) is 12.4 Å². The van der Waals surface area contributed by atoms with Gasteiger partial charge in [0.05, 0.1) is 17.2 Å². The third-order valence-corrected chi connectivity index (χ3v) is 5.16. The number of amides is 1. The topological polar surface area (TPSA) is 116 Å². The first kappa shape index (κ1) is 24.8. The van der Waals surface area contributed by atoms with Gasteiger partial charge in [-0.2, -0.15) is 0 Å². The number of carbonyl (C=O) groups excluding carboxylic acids is 1. The first-order chi connectivity index (χ1) is 13.3. The number of non-ortho nitro benzene ring substituents is 1. The molecule has 1 atom stereocenters. The van der Waals surface area contributed by atoms with Gasteiger partial charge in [-0.3, -0.25) is 24.6 Å². The standard InChI is InChI=1S/C19H28N4O5.ClH/c1-14-5-6-16(23(27)28)12-17(14)20-18(24)8-11-22-9-3-4-15(7-10-22)21(2)13-19(25)26;/h5-6,12,15H,3-4,7-11,13H2,1-2H3,(H,20,24)(H,25,26);1H. The number of anilines is 1. The summed E-state index contributed by atoms with van der Waals surface area (Å²) < 4.78 is 0. The monoisotopic (exact) mass is 428 g/mol. The second-order valence-corrected chi connectivity index (χ2v) is 7.29. The molecule has 1 aliphatic heterocycles. The van der Waals surface area contributed by atoms with Crippen LogP contribution in [-0.2, 0) is 9.59 Å². The molecular weight excluding hydrogens is 400 g/mol. The average molecular weight is 429 g/mol. The van der Waals surface area contributed by atoms with Crippen molar-refractivity contribution in [2.45, 2.75) is 38.6 Å². The Morgan fingerprint density at radius 2 is 2.07 bits per heavy atom. The highest BCUT2D eigenvalue weighted by Crippen LogP contribution is 2.22. The fourth-order valence-electron chi connectivity index (χ4n) is 3.48. The summed E-state index contributed by atoms with van der Waals surface area (Å²) in [4.78, 5) is 37.7. The minimum atomic E-state index is -0.822. The zero-order valence-corrected chi connectivity index (χ0v) is 17.6. The molecule has 1 heterocycles. The number of likely N-dealkylation sites (N-methyl/N-ethyl adjacent to an activating group) is 1. The summed E-state index contributed by atoms with van der Waals surface area (Å²) in [5.41, 5.74) is 1.19. The van der Waals surface area contributed by atoms with Crippen molar-refractivity contribution in [3.05, 3.63) is 33.9 Å². The van der Waals surface area contributed by atoms with Crippen molar-refractivity contribution in [1.29, 1.82) is 0 Å². The van der Waals surface area contributed by atoms with Gasteiger partial charge >= 0.3 is 5.97 Å². The number of aliphatic carboxylic acids is 1. The van der Waals surface area contributed by atoms with E-state index in [0.29, 0.717) is 18.7 Å². The molecular formula is C19H29ClN4O5. The second-order valence-electron chi connectivity index (χ2n) is 7.29. The predicted molar refractivity (Wildman–Crippen MR) is 113 cm³/mol. The van der Waals surface area contributed by atoms with Crippen LogP contribution >= 0.6 is 12.4 Å². The molecule has 1 aliphatic rings. The van der Waals surface area contributed by atoms with Crippen molar-refractivity contribution >= 4 is 35.7 Å². The van der Waals surface area contributed by atoms with Crippen molar-refractivity contribution in [1.82, 2.24) is 9.80 Å². The highest BCUT2D eigenvalue weighted by molar-refractivity contribution is 5.92. The van der Waals surface area contributed by atoms with E-state index in [0.717, 1.165) is 37.9 Å². The van der Waals surface area contributed by atoms with E-state index < -0.39 is 10.9 Å². The predicted octanol–water partition coefficient (Wildman–Crippen LogP) is 2.52. The molecule has 0 bridgehead atoms. The van der Waals surface area contributed by atoms with Crippen LogP contribution in [-0.4, -0.2) is 71.0 Å². The Hall–Kier alpha value is -2.23. The van der Waals surface area contributed by atoms with Crippen molar-refractivity contribution in [3.8, 4) is 0 Å². The van der Waals surface area contributed by atoms with E-state index in [2.05, 4.69) is 10.2 Å². The Balaban J connectivity index is 0.00000420. The van der Waals surface area contributed by atoms with Crippen LogP contribution in [0, 0.1) is 17.0 Å². The molecule has 0 spiro atoms. The first-order valence-corrected chi connectivity index (χ1v) is 9.45. The Bertz CT molecular complexity index is 731. The fraction of sp³-hybridized carbons (Fsp3) is 0.579. The van der Waals surface area contributed by atoms with E-state index in [1.165, 1.54) is 12.1 Å². The van der Waals surface area contributed by atoms with E-state index in [1.807, 2.05) is 11.9 Å². The van der Waals surface area contributed by atoms with E-state index in [1.54, 1.807) is 13.0 Å². The number of nitrogens with one attached hydrogen (secondary N) is 1. The molecule has 1 amide bonds. The molecule has 1 aromatic carbocycles. The molecule has 1 fully saturated rings. The highest BCUT2D eigenvalue weighted by atomic mass is 35.5. The van der Waals surface area contributed by atoms with Crippen molar-refractivity contribution in [2.75, 3.05) is 38.5 Å². The zero-order valence-electron chi connectivity index (χ0n) is 16.8. The van der Waals surface area contributed by atoms with Crippen molar-refractivity contribution in [3.63, 3.8) is 0 Å². The van der Waals surface area contributed by atoms with Gasteiger partial charge in [-0.1, -0.05) is 6.07 Å². The number of rotatable bonds is 8. The zero-order chi connectivity index (χ0) is 20.7. The molecule has 1 saturated heterocycles. The summed E-state index contributed by atoms with van der Waals surface area (Å²) in [6.45, 7) is 4.13. The summed E-state index contributed by atoms with van der Waals surface area (Å²) in [6.07, 6.45) is 3.08. The van der Waals surface area contributed by atoms with Crippen LogP contribution in [0.3, 0.4) is 0 Å². The quantitative estimate of drug-likeness (QED) is 0.482. The number of likely N-dealkylation sites (tertiary alicyclic amines) is 1. The van der Waals surface area contributed by atoms with Crippen LogP contribution in [0.15, 0.2) is 18.2 Å². The molecule has 162 valence electrons. The first-order valence-electron chi connectivity index (χ1n) is 9.45. The fourth-order valence-corrected chi connectivity index (χ4v) is 3.48. The van der Waals surface area contributed by atoms with Gasteiger partial charge in [-0.05, 0) is 51.9 Å². The molecule has 0 saturated carbocycles. The van der Waals surface area contributed by atoms with Crippen molar-refractivity contribution in [2.24, 2.45) is 0 Å². The van der Waals surface area contributed by atoms with Crippen LogP contribution in [0.1, 0.15) is 31.2 Å². The summed E-state index contributed by atoms with van der Waals surface area (Å²) in [5, 5.41) is 22.6. The number of nitro benzene ring substituents is 1. The lowest BCUT2D eigenvalue weighted by Crippen LogP contribution is -2.36. The largest absolute Gasteiger partial charge is 0.480 e. The lowest BCUT2D eigenvalue weighted by atomic mass is 10.1. The summed E-state index contributed by atoms with van der Waals surface area (Å²) >= 11 is 0. The van der Waals surface area contributed by atoms with E-state index in [4.69, 9.17) is 5.11 Å². The van der Waals surface area contributed by atoms with E-state index in [9.17, 15) is 19.7 Å². The van der Waals surface area contributed by atoms with Gasteiger partial charge in [0.1, 0.15) is 0 Å². The number of halogens is 1. The number of carboxylic acids is 1. The SMILES string of the molecule is Cc1ccc([N+](=O)[O-])cc1NC(=O)CCN1CCCC(N(C)CC(=O)O)CC1.Cl. The number of benzene rings is 1. The second kappa shape index (κ2) is 11.7. The minimum absolute atomic E-state index is 0. The van der Waals surface area contributed by atoms with Gasteiger partial charge in [0, 0.05) is 31.1 Å². The third kappa shape index (κ3) is 7.96. The number of hydrogen-bond donors (Lipinski definition) is 2. The molecule has 1 unspecified atom stereocenters. The lowest BCUT2D eigenvalue weighted by molar-refractivity contribution is -0.384. The van der Waals surface area contributed by atoms with Crippen LogP contribution < -0.4 is 5.32 Å². The van der Waals surface area contributed by atoms with Crippen LogP contribution in [0.2, 0.25) is 0 Å². The average Bonchev–Trinajstić information content (AvgIpc) is 2.87. The number of carbonyl (C=O) groups is 2. The molecule has 29 heavy (non-hydrogen) atoms. The summed E-state index contributed by atoms with van der Waals surface area (Å²) in [6, 6.07) is 4.65. The van der Waals surface area contributed by atoms with Crippen molar-refractivity contribution < 1.29 is 19.6 Å². The molecule has 9 nitrogen and oxygen atoms in total. The number of carboxylic acid groups (broad SMARTS) is 1. The summed E-state index contributed by atoms with van der Waals surface area (Å²) in [7, 11) is 1.84. The number of aryl methyl sites for hydroxylation is 1. The van der Waals surface area contributed by atoms with Gasteiger partial charge in [0.2, 0.25) is 5.91 Å². The molecule has 0 aromatic heterocycles. The number of nitrogens with zero attached hydrogens (tertiary/aromatic N) is 3. The molecule has 0 aliphatic carbocycles. The molecule has 2 N–H and O–H groups in total. The smallest absolute Gasteiger partial charge is 0.317 e. The van der Waals surface area contributed by atoms with Crippen LogP contribution in [0.5, 0.6) is 0 Å². The third-order valence-electron chi connectivity index (χ3n) is 5.16. The van der Waals surface area contributed by atoms with Crippen LogP contribution in [0.4, 0.5) is 11.4 Å². The van der Waals surface area contributed by atoms with E-state index in [-0.39, 0.29) is 36.6 Å². The van der Waals surface area contributed by atoms with Gasteiger partial charge < -0.3 is 15.3 Å². The van der Waals surface area contributed by atoms with Gasteiger partial charge in [0.15, 0.2) is 0 Å². The maximum absolute atomic E-state index is 12.3. The molecule has 2 rings (SSSR count). The minimum Gasteiger partial charge on any atom is -0.480 e. The summed E-state index contributed by atoms with van der Waals surface area (Å²) in [5.74, 6) is -0.996. The molecule has 10 heteroatoms. The number of nitro groups is 1. The van der Waals surface area contributed by atoms with Gasteiger partial charge in [-0.25, -0.2) is 0 Å². The Morgan fingerprint density at radius 1 is 1.34 bits per heavy atom. The Kier molecular flexibility index (Phi) is 10.0. The maximum Gasteiger partial charge on any atom is 0.317 e. The molecule has 0 radical (unpaired) electrons.